The van der Waals surface area contributed by atoms with Gasteiger partial charge >= 0.3 is 5.97 Å². The van der Waals surface area contributed by atoms with Crippen LogP contribution in [0.2, 0.25) is 0 Å². The molecule has 2 unspecified atom stereocenters. The summed E-state index contributed by atoms with van der Waals surface area (Å²) in [4.78, 5) is 14.8. The molecule has 0 aliphatic rings. The maximum absolute atomic E-state index is 10.9. The number of halogens is 1. The van der Waals surface area contributed by atoms with E-state index in [1.165, 1.54) is 7.11 Å². The van der Waals surface area contributed by atoms with E-state index in [2.05, 4.69) is 25.7 Å². The first-order chi connectivity index (χ1) is 7.56. The van der Waals surface area contributed by atoms with Crippen molar-refractivity contribution in [3.63, 3.8) is 0 Å². The Morgan fingerprint density at radius 3 is 2.88 bits per heavy atom. The third-order valence-electron chi connectivity index (χ3n) is 2.07. The van der Waals surface area contributed by atoms with E-state index in [4.69, 9.17) is 0 Å². The standard InChI is InChI=1S/C10H12BrNO4/c1-16-8(14)5-7(13)9(15)6-3-2-4-12-10(6)11/h2-4,7,9,13,15H,5H2,1H3. The van der Waals surface area contributed by atoms with Gasteiger partial charge in [0.1, 0.15) is 10.7 Å². The van der Waals surface area contributed by atoms with Crippen LogP contribution < -0.4 is 0 Å². The van der Waals surface area contributed by atoms with Crippen LogP contribution >= 0.6 is 15.9 Å². The zero-order chi connectivity index (χ0) is 12.1. The quantitative estimate of drug-likeness (QED) is 0.633. The normalized spacial score (nSPS) is 14.2. The number of hydrogen-bond acceptors (Lipinski definition) is 5. The highest BCUT2D eigenvalue weighted by atomic mass is 79.9. The molecule has 2 atom stereocenters. The molecule has 2 N–H and O–H groups in total. The topological polar surface area (TPSA) is 79.7 Å². The Morgan fingerprint density at radius 2 is 2.31 bits per heavy atom. The number of esters is 1. The van der Waals surface area contributed by atoms with Crippen LogP contribution in [0.15, 0.2) is 22.9 Å². The van der Waals surface area contributed by atoms with Crippen molar-refractivity contribution >= 4 is 21.9 Å². The number of aliphatic hydroxyl groups is 2. The molecular formula is C10H12BrNO4. The van der Waals surface area contributed by atoms with Crippen LogP contribution in [0.1, 0.15) is 18.1 Å². The summed E-state index contributed by atoms with van der Waals surface area (Å²) in [6.07, 6.45) is -1.11. The van der Waals surface area contributed by atoms with E-state index in [0.717, 1.165) is 0 Å². The molecule has 6 heteroatoms. The van der Waals surface area contributed by atoms with Gasteiger partial charge in [-0.05, 0) is 22.0 Å². The Balaban J connectivity index is 2.74. The van der Waals surface area contributed by atoms with Gasteiger partial charge in [0.15, 0.2) is 0 Å². The highest BCUT2D eigenvalue weighted by Gasteiger charge is 2.23. The molecule has 0 fully saturated rings. The molecule has 1 heterocycles. The maximum atomic E-state index is 10.9. The van der Waals surface area contributed by atoms with E-state index in [0.29, 0.717) is 10.2 Å². The molecule has 0 amide bonds. The van der Waals surface area contributed by atoms with E-state index in [9.17, 15) is 15.0 Å². The Hall–Kier alpha value is -0.980. The molecule has 0 spiro atoms. The summed E-state index contributed by atoms with van der Waals surface area (Å²) in [6, 6.07) is 3.25. The number of ether oxygens (including phenoxy) is 1. The third-order valence-corrected chi connectivity index (χ3v) is 2.74. The second-order valence-electron chi connectivity index (χ2n) is 3.18. The molecule has 0 radical (unpaired) electrons. The number of methoxy groups -OCH3 is 1. The fourth-order valence-corrected chi connectivity index (χ4v) is 1.68. The van der Waals surface area contributed by atoms with Crippen molar-refractivity contribution in [3.8, 4) is 0 Å². The first kappa shape index (κ1) is 13.1. The van der Waals surface area contributed by atoms with Crippen molar-refractivity contribution in [2.24, 2.45) is 0 Å². The van der Waals surface area contributed by atoms with E-state index in [1.54, 1.807) is 18.3 Å². The molecule has 0 aliphatic heterocycles. The van der Waals surface area contributed by atoms with Gasteiger partial charge < -0.3 is 14.9 Å². The van der Waals surface area contributed by atoms with Crippen molar-refractivity contribution in [1.82, 2.24) is 4.98 Å². The number of carbonyl (C=O) groups is 1. The van der Waals surface area contributed by atoms with E-state index in [1.807, 2.05) is 0 Å². The summed E-state index contributed by atoms with van der Waals surface area (Å²) in [5.41, 5.74) is 0.430. The lowest BCUT2D eigenvalue weighted by Gasteiger charge is -2.17. The van der Waals surface area contributed by atoms with Crippen LogP contribution in [-0.4, -0.2) is 34.4 Å². The van der Waals surface area contributed by atoms with E-state index >= 15 is 0 Å². The molecule has 88 valence electrons. The number of rotatable bonds is 4. The zero-order valence-corrected chi connectivity index (χ0v) is 10.2. The first-order valence-corrected chi connectivity index (χ1v) is 5.39. The lowest BCUT2D eigenvalue weighted by atomic mass is 10.0. The Morgan fingerprint density at radius 1 is 1.62 bits per heavy atom. The maximum Gasteiger partial charge on any atom is 0.308 e. The molecule has 0 bridgehead atoms. The summed E-state index contributed by atoms with van der Waals surface area (Å²) < 4.78 is 4.84. The minimum absolute atomic E-state index is 0.265. The molecule has 0 saturated heterocycles. The van der Waals surface area contributed by atoms with Gasteiger partial charge in [-0.1, -0.05) is 6.07 Å². The second kappa shape index (κ2) is 5.93. The zero-order valence-electron chi connectivity index (χ0n) is 8.63. The van der Waals surface area contributed by atoms with Crippen molar-refractivity contribution in [1.29, 1.82) is 0 Å². The molecular weight excluding hydrogens is 278 g/mol. The van der Waals surface area contributed by atoms with E-state index in [-0.39, 0.29) is 6.42 Å². The Kier molecular flexibility index (Phi) is 4.85. The predicted molar refractivity (Wildman–Crippen MR) is 59.5 cm³/mol. The fourth-order valence-electron chi connectivity index (χ4n) is 1.19. The van der Waals surface area contributed by atoms with Crippen LogP contribution in [0.5, 0.6) is 0 Å². The van der Waals surface area contributed by atoms with Crippen molar-refractivity contribution in [2.75, 3.05) is 7.11 Å². The number of carbonyl (C=O) groups excluding carboxylic acids is 1. The summed E-state index contributed by atoms with van der Waals surface area (Å²) in [5, 5.41) is 19.4. The fraction of sp³-hybridized carbons (Fsp3) is 0.400. The van der Waals surface area contributed by atoms with Crippen LogP contribution in [0.25, 0.3) is 0 Å². The van der Waals surface area contributed by atoms with Gasteiger partial charge in [0, 0.05) is 11.8 Å². The van der Waals surface area contributed by atoms with Crippen molar-refractivity contribution in [3.05, 3.63) is 28.5 Å². The van der Waals surface area contributed by atoms with Crippen LogP contribution in [0, 0.1) is 0 Å². The number of nitrogens with zero attached hydrogens (tertiary/aromatic N) is 1. The number of hydrogen-bond donors (Lipinski definition) is 2. The average molecular weight is 290 g/mol. The van der Waals surface area contributed by atoms with Gasteiger partial charge in [-0.15, -0.1) is 0 Å². The molecule has 1 aromatic heterocycles. The number of aromatic nitrogens is 1. The molecule has 0 saturated carbocycles. The van der Waals surface area contributed by atoms with Gasteiger partial charge in [-0.25, -0.2) is 4.98 Å². The van der Waals surface area contributed by atoms with E-state index < -0.39 is 18.2 Å². The highest BCUT2D eigenvalue weighted by molar-refractivity contribution is 9.10. The van der Waals surface area contributed by atoms with Crippen molar-refractivity contribution < 1.29 is 19.7 Å². The van der Waals surface area contributed by atoms with Gasteiger partial charge in [0.2, 0.25) is 0 Å². The SMILES string of the molecule is COC(=O)CC(O)C(O)c1cccnc1Br. The molecule has 16 heavy (non-hydrogen) atoms. The Labute approximate surface area is 101 Å². The number of pyridine rings is 1. The lowest BCUT2D eigenvalue weighted by molar-refractivity contribution is -0.144. The van der Waals surface area contributed by atoms with Crippen molar-refractivity contribution in [2.45, 2.75) is 18.6 Å². The van der Waals surface area contributed by atoms with Crippen LogP contribution in [-0.2, 0) is 9.53 Å². The molecule has 1 rings (SSSR count). The van der Waals surface area contributed by atoms with Crippen LogP contribution in [0.4, 0.5) is 0 Å². The highest BCUT2D eigenvalue weighted by Crippen LogP contribution is 2.24. The van der Waals surface area contributed by atoms with Gasteiger partial charge in [0.05, 0.1) is 19.6 Å². The number of aliphatic hydroxyl groups excluding tert-OH is 2. The molecule has 5 nitrogen and oxygen atoms in total. The summed E-state index contributed by atoms with van der Waals surface area (Å²) in [6.45, 7) is 0. The Bertz CT molecular complexity index is 372. The smallest absolute Gasteiger partial charge is 0.308 e. The van der Waals surface area contributed by atoms with Gasteiger partial charge in [-0.2, -0.15) is 0 Å². The summed E-state index contributed by atoms with van der Waals surface area (Å²) in [7, 11) is 1.22. The minimum atomic E-state index is -1.21. The third kappa shape index (κ3) is 3.26. The summed E-state index contributed by atoms with van der Waals surface area (Å²) in [5.74, 6) is -0.577. The first-order valence-electron chi connectivity index (χ1n) is 4.59. The predicted octanol–water partition coefficient (Wildman–Crippen LogP) is 0.802. The second-order valence-corrected chi connectivity index (χ2v) is 3.93. The van der Waals surface area contributed by atoms with Crippen LogP contribution in [0.3, 0.4) is 0 Å². The molecule has 0 aliphatic carbocycles. The average Bonchev–Trinajstić information content (AvgIpc) is 2.28. The molecule has 0 aromatic carbocycles. The minimum Gasteiger partial charge on any atom is -0.469 e. The monoisotopic (exact) mass is 289 g/mol. The van der Waals surface area contributed by atoms with Gasteiger partial charge in [-0.3, -0.25) is 4.79 Å². The molecule has 1 aromatic rings. The summed E-state index contributed by atoms with van der Waals surface area (Å²) >= 11 is 3.15. The largest absolute Gasteiger partial charge is 0.469 e. The lowest BCUT2D eigenvalue weighted by Crippen LogP contribution is -2.23. The van der Waals surface area contributed by atoms with Gasteiger partial charge in [0.25, 0.3) is 0 Å².